The maximum absolute atomic E-state index is 4.34. The number of allylic oxidation sites excluding steroid dienone is 9. The highest BCUT2D eigenvalue weighted by Gasteiger charge is 2.14. The first-order valence-corrected chi connectivity index (χ1v) is 10.4. The highest BCUT2D eigenvalue weighted by molar-refractivity contribution is 5.74. The van der Waals surface area contributed by atoms with Gasteiger partial charge in [-0.1, -0.05) is 85.5 Å². The molecule has 0 heterocycles. The molecule has 0 N–H and O–H groups in total. The molecular weight excluding hydrogens is 362 g/mol. The molecule has 2 aromatic carbocycles. The minimum absolute atomic E-state index is 0.904. The topological polar surface area (TPSA) is 3.24 Å². The van der Waals surface area contributed by atoms with Crippen molar-refractivity contribution in [2.45, 2.75) is 34.1 Å². The Bertz CT molecular complexity index is 982. The Morgan fingerprint density at radius 1 is 1.00 bits per heavy atom. The van der Waals surface area contributed by atoms with E-state index in [0.717, 1.165) is 23.5 Å². The fraction of sp³-hybridized carbons (Fsp3) is 0.172. The zero-order chi connectivity index (χ0) is 21.9. The monoisotopic (exact) mass is 395 g/mol. The van der Waals surface area contributed by atoms with Gasteiger partial charge in [0.15, 0.2) is 0 Å². The van der Waals surface area contributed by atoms with Crippen molar-refractivity contribution in [2.75, 3.05) is 4.90 Å². The van der Waals surface area contributed by atoms with E-state index in [1.54, 1.807) is 6.08 Å². The van der Waals surface area contributed by atoms with Crippen LogP contribution >= 0.6 is 0 Å². The van der Waals surface area contributed by atoms with Crippen LogP contribution in [0.4, 0.5) is 11.4 Å². The Kier molecular flexibility index (Phi) is 8.90. The molecule has 0 aliphatic heterocycles. The highest BCUT2D eigenvalue weighted by atomic mass is 15.1. The number of anilines is 2. The number of benzene rings is 2. The first-order chi connectivity index (χ1) is 14.5. The van der Waals surface area contributed by atoms with Crippen molar-refractivity contribution in [1.82, 2.24) is 0 Å². The molecule has 1 heteroatoms. The summed E-state index contributed by atoms with van der Waals surface area (Å²) < 4.78 is 0. The lowest BCUT2D eigenvalue weighted by atomic mass is 10.0. The first-order valence-electron chi connectivity index (χ1n) is 10.4. The van der Waals surface area contributed by atoms with Gasteiger partial charge in [-0.2, -0.15) is 0 Å². The summed E-state index contributed by atoms with van der Waals surface area (Å²) in [6.45, 7) is 16.5. The lowest BCUT2D eigenvalue weighted by Crippen LogP contribution is -2.15. The largest absolute Gasteiger partial charge is 0.311 e. The van der Waals surface area contributed by atoms with E-state index in [4.69, 9.17) is 0 Å². The van der Waals surface area contributed by atoms with E-state index in [9.17, 15) is 0 Å². The van der Waals surface area contributed by atoms with Gasteiger partial charge in [-0.05, 0) is 75.1 Å². The van der Waals surface area contributed by atoms with E-state index in [1.807, 2.05) is 37.3 Å². The van der Waals surface area contributed by atoms with E-state index in [-0.39, 0.29) is 0 Å². The molecule has 0 aromatic heterocycles. The van der Waals surface area contributed by atoms with Crippen LogP contribution in [0, 0.1) is 13.8 Å². The molecule has 0 spiro atoms. The molecule has 30 heavy (non-hydrogen) atoms. The molecule has 1 nitrogen and oxygen atoms in total. The minimum Gasteiger partial charge on any atom is -0.311 e. The van der Waals surface area contributed by atoms with Crippen LogP contribution in [0.5, 0.6) is 0 Å². The molecule has 0 fully saturated rings. The molecule has 0 bridgehead atoms. The van der Waals surface area contributed by atoms with Crippen LogP contribution in [0.15, 0.2) is 110 Å². The van der Waals surface area contributed by atoms with Gasteiger partial charge in [0.05, 0.1) is 0 Å². The van der Waals surface area contributed by atoms with E-state index < -0.39 is 0 Å². The maximum atomic E-state index is 4.34. The SMILES string of the molecule is C=CC=CC/C=C(\C)c1ccc(N(C(=C)/C=C\C=C/C)c2ccc(C)cc2C)cc1. The van der Waals surface area contributed by atoms with Gasteiger partial charge in [0.25, 0.3) is 0 Å². The summed E-state index contributed by atoms with van der Waals surface area (Å²) in [7, 11) is 0. The summed E-state index contributed by atoms with van der Waals surface area (Å²) in [5.74, 6) is 0. The Morgan fingerprint density at radius 2 is 1.73 bits per heavy atom. The molecule has 2 rings (SSSR count). The van der Waals surface area contributed by atoms with Gasteiger partial charge in [0, 0.05) is 17.1 Å². The number of hydrogen-bond donors (Lipinski definition) is 0. The van der Waals surface area contributed by atoms with E-state index >= 15 is 0 Å². The van der Waals surface area contributed by atoms with Crippen LogP contribution in [0.1, 0.15) is 37.0 Å². The second-order valence-electron chi connectivity index (χ2n) is 7.34. The standard InChI is InChI=1S/C29H33N/c1-7-9-11-13-14-24(4)27-17-19-28(20-18-27)30(26(6)15-12-10-8-2)29-21-16-23(3)22-25(29)5/h7-12,14-22H,1,6,13H2,2-5H3/b10-8-,11-9?,15-12-,24-14+. The van der Waals surface area contributed by atoms with Crippen LogP contribution in [0.3, 0.4) is 0 Å². The Balaban J connectivity index is 2.40. The van der Waals surface area contributed by atoms with Crippen molar-refractivity contribution < 1.29 is 0 Å². The fourth-order valence-electron chi connectivity index (χ4n) is 3.28. The highest BCUT2D eigenvalue weighted by Crippen LogP contribution is 2.33. The summed E-state index contributed by atoms with van der Waals surface area (Å²) in [6, 6.07) is 15.2. The average Bonchev–Trinajstić information content (AvgIpc) is 2.73. The van der Waals surface area contributed by atoms with Crippen LogP contribution in [-0.2, 0) is 0 Å². The molecule has 0 aliphatic rings. The molecule has 0 saturated heterocycles. The summed E-state index contributed by atoms with van der Waals surface area (Å²) in [6.07, 6.45) is 17.1. The predicted octanol–water partition coefficient (Wildman–Crippen LogP) is 8.62. The molecule has 2 aromatic rings. The minimum atomic E-state index is 0.904. The maximum Gasteiger partial charge on any atom is 0.0490 e. The van der Waals surface area contributed by atoms with Crippen molar-refractivity contribution in [2.24, 2.45) is 0 Å². The second-order valence-corrected chi connectivity index (χ2v) is 7.34. The van der Waals surface area contributed by atoms with Gasteiger partial charge in [0.1, 0.15) is 0 Å². The van der Waals surface area contributed by atoms with Crippen molar-refractivity contribution in [3.05, 3.63) is 127 Å². The Morgan fingerprint density at radius 3 is 2.37 bits per heavy atom. The van der Waals surface area contributed by atoms with Crippen LogP contribution in [0.25, 0.3) is 5.57 Å². The van der Waals surface area contributed by atoms with Crippen molar-refractivity contribution in [3.63, 3.8) is 0 Å². The predicted molar refractivity (Wildman–Crippen MR) is 135 cm³/mol. The molecule has 0 saturated carbocycles. The fourth-order valence-corrected chi connectivity index (χ4v) is 3.28. The third-order valence-corrected chi connectivity index (χ3v) is 4.89. The van der Waals surface area contributed by atoms with E-state index in [0.29, 0.717) is 0 Å². The zero-order valence-corrected chi connectivity index (χ0v) is 18.7. The van der Waals surface area contributed by atoms with Gasteiger partial charge < -0.3 is 4.90 Å². The van der Waals surface area contributed by atoms with Gasteiger partial charge in [-0.3, -0.25) is 0 Å². The number of hydrogen-bond acceptors (Lipinski definition) is 1. The molecule has 0 radical (unpaired) electrons. The summed E-state index contributed by atoms with van der Waals surface area (Å²) in [5.41, 5.74) is 8.14. The lowest BCUT2D eigenvalue weighted by Gasteiger charge is -2.27. The first kappa shape index (κ1) is 23.0. The second kappa shape index (κ2) is 11.6. The quantitative estimate of drug-likeness (QED) is 0.384. The zero-order valence-electron chi connectivity index (χ0n) is 18.7. The number of nitrogens with zero attached hydrogens (tertiary/aromatic N) is 1. The normalized spacial score (nSPS) is 12.2. The molecule has 0 unspecified atom stereocenters. The smallest absolute Gasteiger partial charge is 0.0490 e. The average molecular weight is 396 g/mol. The Labute approximate surface area is 182 Å². The van der Waals surface area contributed by atoms with Gasteiger partial charge >= 0.3 is 0 Å². The Hall–Kier alpha value is -3.32. The lowest BCUT2D eigenvalue weighted by molar-refractivity contribution is 1.19. The number of aryl methyl sites for hydroxylation is 2. The van der Waals surface area contributed by atoms with Crippen LogP contribution < -0.4 is 4.90 Å². The summed E-state index contributed by atoms with van der Waals surface area (Å²) in [5, 5.41) is 0. The summed E-state index contributed by atoms with van der Waals surface area (Å²) >= 11 is 0. The molecule has 0 atom stereocenters. The molecule has 0 amide bonds. The van der Waals surface area contributed by atoms with Gasteiger partial charge in [-0.25, -0.2) is 0 Å². The van der Waals surface area contributed by atoms with Crippen LogP contribution in [-0.4, -0.2) is 0 Å². The molecule has 154 valence electrons. The molecule has 0 aliphatic carbocycles. The van der Waals surface area contributed by atoms with Crippen LogP contribution in [0.2, 0.25) is 0 Å². The van der Waals surface area contributed by atoms with Crippen molar-refractivity contribution in [1.29, 1.82) is 0 Å². The van der Waals surface area contributed by atoms with Gasteiger partial charge in [-0.15, -0.1) is 0 Å². The van der Waals surface area contributed by atoms with E-state index in [2.05, 4.69) is 93.4 Å². The van der Waals surface area contributed by atoms with Crippen molar-refractivity contribution in [3.8, 4) is 0 Å². The van der Waals surface area contributed by atoms with Gasteiger partial charge in [0.2, 0.25) is 0 Å². The molecular formula is C29H33N. The van der Waals surface area contributed by atoms with Crippen molar-refractivity contribution >= 4 is 16.9 Å². The number of rotatable bonds is 9. The van der Waals surface area contributed by atoms with E-state index in [1.165, 1.54) is 22.3 Å². The summed E-state index contributed by atoms with van der Waals surface area (Å²) in [4.78, 5) is 2.21. The third kappa shape index (κ3) is 6.35. The third-order valence-electron chi connectivity index (χ3n) is 4.89.